The van der Waals surface area contributed by atoms with E-state index in [1.54, 1.807) is 30.3 Å². The quantitative estimate of drug-likeness (QED) is 0.104. The summed E-state index contributed by atoms with van der Waals surface area (Å²) in [5.41, 5.74) is 1.67. The lowest BCUT2D eigenvalue weighted by Gasteiger charge is -2.39. The average Bonchev–Trinajstić information content (AvgIpc) is 3.54. The second-order valence-corrected chi connectivity index (χ2v) is 23.3. The van der Waals surface area contributed by atoms with Crippen LogP contribution in [0.3, 0.4) is 0 Å². The number of rotatable bonds is 8. The number of ether oxygens (including phenoxy) is 1. The number of carbonyl (C=O) groups excluding carboxylic acids is 5. The molecule has 6 aliphatic rings. The van der Waals surface area contributed by atoms with Crippen molar-refractivity contribution in [2.45, 2.75) is 93.7 Å². The molecule has 5 heterocycles. The number of halogens is 3. The molecule has 4 fully saturated rings. The molecule has 10 rings (SSSR count). The van der Waals surface area contributed by atoms with Crippen LogP contribution in [-0.4, -0.2) is 92.0 Å². The molecule has 4 aromatic rings. The van der Waals surface area contributed by atoms with E-state index >= 15 is 4.39 Å². The van der Waals surface area contributed by atoms with Gasteiger partial charge < -0.3 is 20.7 Å². The van der Waals surface area contributed by atoms with Crippen molar-refractivity contribution in [3.05, 3.63) is 116 Å². The molecule has 0 radical (unpaired) electrons. The fourth-order valence-corrected chi connectivity index (χ4v) is 13.4. The van der Waals surface area contributed by atoms with Gasteiger partial charge in [0, 0.05) is 71.7 Å². The van der Waals surface area contributed by atoms with E-state index in [0.29, 0.717) is 36.4 Å². The molecule has 3 saturated heterocycles. The maximum absolute atomic E-state index is 16.3. The van der Waals surface area contributed by atoms with Gasteiger partial charge >= 0.3 is 0 Å². The third-order valence-electron chi connectivity index (χ3n) is 15.2. The Labute approximate surface area is 415 Å². The van der Waals surface area contributed by atoms with Gasteiger partial charge in [-0.1, -0.05) is 80.1 Å². The van der Waals surface area contributed by atoms with Crippen LogP contribution < -0.4 is 26.0 Å². The normalized spacial score (nSPS) is 25.8. The van der Waals surface area contributed by atoms with Crippen molar-refractivity contribution < 1.29 is 41.5 Å². The number of imide groups is 2. The molecule has 5 aliphatic heterocycles. The van der Waals surface area contributed by atoms with Crippen molar-refractivity contribution in [1.29, 1.82) is 0 Å². The van der Waals surface area contributed by atoms with E-state index in [1.807, 2.05) is 12.1 Å². The predicted octanol–water partition coefficient (Wildman–Crippen LogP) is 7.25. The van der Waals surface area contributed by atoms with Crippen LogP contribution in [0.1, 0.15) is 103 Å². The first-order chi connectivity index (χ1) is 33.3. The van der Waals surface area contributed by atoms with Crippen LogP contribution in [0.4, 0.5) is 15.8 Å². The second-order valence-electron chi connectivity index (χ2n) is 20.5. The molecule has 364 valence electrons. The van der Waals surface area contributed by atoms with Crippen LogP contribution in [0.5, 0.6) is 5.75 Å². The Kier molecular flexibility index (Phi) is 11.9. The van der Waals surface area contributed by atoms with E-state index in [9.17, 15) is 32.4 Å². The monoisotopic (exact) mass is 1010 g/mol. The molecule has 2 spiro atoms. The molecule has 1 saturated carbocycles. The van der Waals surface area contributed by atoms with Gasteiger partial charge in [0.25, 0.3) is 11.8 Å². The van der Waals surface area contributed by atoms with Crippen molar-refractivity contribution in [2.24, 2.45) is 16.7 Å². The summed E-state index contributed by atoms with van der Waals surface area (Å²) >= 11 is 12.9. The molecule has 0 bridgehead atoms. The fraction of sp³-hybridized carbons (Fsp3) is 0.404. The zero-order chi connectivity index (χ0) is 49.7. The number of hydrogen-bond acceptors (Lipinski definition) is 10. The van der Waals surface area contributed by atoms with Crippen LogP contribution >= 0.6 is 23.2 Å². The van der Waals surface area contributed by atoms with Crippen LogP contribution in [0.2, 0.25) is 10.0 Å². The summed E-state index contributed by atoms with van der Waals surface area (Å²) in [4.78, 5) is 66.9. The highest BCUT2D eigenvalue weighted by atomic mass is 35.5. The first-order valence-electron chi connectivity index (χ1n) is 23.4. The third-order valence-corrected chi connectivity index (χ3v) is 17.6. The molecule has 0 aromatic heterocycles. The molecular weight excluding hydrogens is 959 g/mol. The fourth-order valence-electron chi connectivity index (χ4n) is 11.6. The number of amides is 5. The number of fused-ring (bicyclic) bond motifs is 3. The predicted molar refractivity (Wildman–Crippen MR) is 261 cm³/mol. The molecule has 4 N–H and O–H groups in total. The number of hydrogen-bond donors (Lipinski definition) is 4. The minimum absolute atomic E-state index is 0.0108. The number of methoxy groups -OCH3 is 1. The highest BCUT2D eigenvalue weighted by Gasteiger charge is 2.62. The minimum atomic E-state index is -4.02. The van der Waals surface area contributed by atoms with Gasteiger partial charge in [0.15, 0.2) is 0 Å². The first-order valence-corrected chi connectivity index (χ1v) is 25.5. The minimum Gasteiger partial charge on any atom is -0.495 e. The summed E-state index contributed by atoms with van der Waals surface area (Å²) in [6.45, 7) is 7.23. The summed E-state index contributed by atoms with van der Waals surface area (Å²) in [5.74, 6) is 2.28. The van der Waals surface area contributed by atoms with Crippen LogP contribution in [0.15, 0.2) is 77.7 Å². The Morgan fingerprint density at radius 2 is 1.74 bits per heavy atom. The number of nitrogens with one attached hydrogen (secondary N) is 4. The van der Waals surface area contributed by atoms with Gasteiger partial charge in [0.1, 0.15) is 17.6 Å². The summed E-state index contributed by atoms with van der Waals surface area (Å²) in [7, 11) is -2.62. The smallest absolute Gasteiger partial charge is 0.263 e. The van der Waals surface area contributed by atoms with Gasteiger partial charge in [-0.15, -0.1) is 0 Å². The summed E-state index contributed by atoms with van der Waals surface area (Å²) < 4.78 is 51.9. The van der Waals surface area contributed by atoms with Crippen molar-refractivity contribution >= 4 is 74.1 Å². The summed E-state index contributed by atoms with van der Waals surface area (Å²) in [6.07, 6.45) is 2.55. The van der Waals surface area contributed by atoms with Gasteiger partial charge in [0.05, 0.1) is 39.9 Å². The van der Waals surface area contributed by atoms with Gasteiger partial charge in [-0.05, 0) is 96.5 Å². The maximum atomic E-state index is 16.3. The summed E-state index contributed by atoms with van der Waals surface area (Å²) in [5, 5.41) is 12.8. The van der Waals surface area contributed by atoms with E-state index in [4.69, 9.17) is 27.9 Å². The topological polar surface area (TPSA) is 183 Å². The highest BCUT2D eigenvalue weighted by molar-refractivity contribution is 7.89. The largest absolute Gasteiger partial charge is 0.495 e. The molecule has 5 amide bonds. The standard InChI is InChI=1S/C52H51Cl2FN6O8S/c1-50(2,3)26-40-52(27-56-37-23-30(53)13-15-34(37)52)43(33-9-6-10-35(54)44(33)55)45(58-40)47(64)57-36-16-14-31(24-39(36)69-4)70(67,68)60-21-19-51(20-22-60)25-29(51)12-11-28-7-5-8-32-42(28)49(66)61(48(32)65)38-17-18-41(62)59-46(38)63/h5-10,13-16,23-24,29,38,40,43,45,56,58H,17-22,25-27H2,1-4H3,(H,57,64)(H,59,62,63)/t29-,38-,40-,43-,45+,52-/m0/s1. The van der Waals surface area contributed by atoms with Gasteiger partial charge in [-0.3, -0.25) is 34.2 Å². The van der Waals surface area contributed by atoms with Gasteiger partial charge in [0.2, 0.25) is 27.7 Å². The van der Waals surface area contributed by atoms with Crippen molar-refractivity contribution in [1.82, 2.24) is 19.8 Å². The lowest BCUT2D eigenvalue weighted by Crippen LogP contribution is -2.54. The SMILES string of the molecule is COc1cc(S(=O)(=O)N2CCC3(CC2)C[C@@H]3C#Cc2cccc3c2C(=O)N([C@H]2CCC(=O)NC2=O)C3=O)ccc1NC(=O)[C@@H]1N[C@@H](CC(C)(C)C)[C@@]2(CNc3cc(Cl)ccc32)[C@H]1c1cccc(Cl)c1F. The number of nitrogens with zero attached hydrogens (tertiary/aromatic N) is 2. The Morgan fingerprint density at radius 3 is 2.47 bits per heavy atom. The number of benzene rings is 4. The van der Waals surface area contributed by atoms with Crippen molar-refractivity contribution in [3.8, 4) is 17.6 Å². The van der Waals surface area contributed by atoms with E-state index in [-0.39, 0.29) is 86.8 Å². The molecule has 18 heteroatoms. The Balaban J connectivity index is 0.850. The number of piperidine rings is 2. The van der Waals surface area contributed by atoms with Crippen molar-refractivity contribution in [3.63, 3.8) is 0 Å². The molecule has 70 heavy (non-hydrogen) atoms. The number of anilines is 2. The Bertz CT molecular complexity index is 3110. The lowest BCUT2D eigenvalue weighted by molar-refractivity contribution is -0.136. The molecular formula is C52H51Cl2FN6O8S. The van der Waals surface area contributed by atoms with Crippen molar-refractivity contribution in [2.75, 3.05) is 37.4 Å². The number of sulfonamides is 1. The third kappa shape index (κ3) is 8.03. The zero-order valence-electron chi connectivity index (χ0n) is 38.9. The average molecular weight is 1010 g/mol. The lowest BCUT2D eigenvalue weighted by atomic mass is 9.63. The second kappa shape index (κ2) is 17.5. The van der Waals surface area contributed by atoms with Crippen LogP contribution in [0, 0.1) is 34.4 Å². The highest BCUT2D eigenvalue weighted by Crippen LogP contribution is 2.60. The van der Waals surface area contributed by atoms with E-state index in [2.05, 4.69) is 53.9 Å². The zero-order valence-corrected chi connectivity index (χ0v) is 41.2. The summed E-state index contributed by atoms with van der Waals surface area (Å²) in [6, 6.07) is 17.2. The Morgan fingerprint density at radius 1 is 0.986 bits per heavy atom. The Hall–Kier alpha value is -5.83. The van der Waals surface area contributed by atoms with Crippen LogP contribution in [0.25, 0.3) is 0 Å². The van der Waals surface area contributed by atoms with Gasteiger partial charge in [-0.2, -0.15) is 4.31 Å². The van der Waals surface area contributed by atoms with Crippen LogP contribution in [-0.2, 0) is 29.8 Å². The van der Waals surface area contributed by atoms with E-state index < -0.39 is 68.8 Å². The maximum Gasteiger partial charge on any atom is 0.263 e. The number of carbonyl (C=O) groups is 5. The van der Waals surface area contributed by atoms with Gasteiger partial charge in [-0.25, -0.2) is 12.8 Å². The molecule has 6 atom stereocenters. The molecule has 14 nitrogen and oxygen atoms in total. The van der Waals surface area contributed by atoms with E-state index in [0.717, 1.165) is 22.6 Å². The molecule has 4 aromatic carbocycles. The molecule has 0 unspecified atom stereocenters. The first kappa shape index (κ1) is 47.8. The molecule has 1 aliphatic carbocycles. The van der Waals surface area contributed by atoms with E-state index in [1.165, 1.54) is 41.7 Å².